The molecule has 0 N–H and O–H groups in total. The molecule has 1 spiro atoms. The van der Waals surface area contributed by atoms with Crippen molar-refractivity contribution < 1.29 is 9.59 Å². The van der Waals surface area contributed by atoms with Gasteiger partial charge in [-0.1, -0.05) is 17.7 Å². The fraction of sp³-hybridized carbons (Fsp3) is 0.333. The highest BCUT2D eigenvalue weighted by atomic mass is 16.2. The van der Waals surface area contributed by atoms with E-state index in [-0.39, 0.29) is 11.8 Å². The third-order valence-electron chi connectivity index (χ3n) is 6.41. The molecular formula is C24H24N4O2. The Morgan fingerprint density at radius 1 is 0.933 bits per heavy atom. The normalized spacial score (nSPS) is 21.6. The zero-order valence-electron chi connectivity index (χ0n) is 17.0. The van der Waals surface area contributed by atoms with Crippen molar-refractivity contribution in [3.63, 3.8) is 0 Å². The molecule has 0 bridgehead atoms. The minimum Gasteiger partial charge on any atom is -0.324 e. The van der Waals surface area contributed by atoms with Gasteiger partial charge in [-0.2, -0.15) is 0 Å². The van der Waals surface area contributed by atoms with Crippen molar-refractivity contribution in [2.75, 3.05) is 18.0 Å². The van der Waals surface area contributed by atoms with Crippen LogP contribution in [-0.4, -0.2) is 45.3 Å². The molecule has 0 saturated carbocycles. The van der Waals surface area contributed by atoms with Crippen LogP contribution in [0.4, 0.5) is 5.69 Å². The van der Waals surface area contributed by atoms with Crippen LogP contribution in [0, 0.1) is 6.92 Å². The topological polar surface area (TPSA) is 66.4 Å². The number of amides is 2. The molecule has 30 heavy (non-hydrogen) atoms. The second-order valence-electron chi connectivity index (χ2n) is 8.25. The summed E-state index contributed by atoms with van der Waals surface area (Å²) in [7, 11) is 0. The highest BCUT2D eigenvalue weighted by Gasteiger charge is 2.53. The summed E-state index contributed by atoms with van der Waals surface area (Å²) < 4.78 is 0. The molecular weight excluding hydrogens is 376 g/mol. The van der Waals surface area contributed by atoms with Crippen LogP contribution in [0.3, 0.4) is 0 Å². The molecule has 2 saturated heterocycles. The van der Waals surface area contributed by atoms with Gasteiger partial charge in [-0.3, -0.25) is 19.6 Å². The number of piperidine rings is 1. The van der Waals surface area contributed by atoms with Crippen molar-refractivity contribution in [1.82, 2.24) is 14.9 Å². The predicted octanol–water partition coefficient (Wildman–Crippen LogP) is 3.74. The zero-order chi connectivity index (χ0) is 20.7. The van der Waals surface area contributed by atoms with E-state index in [1.807, 2.05) is 47.1 Å². The molecule has 2 amide bonds. The van der Waals surface area contributed by atoms with E-state index in [4.69, 9.17) is 0 Å². The Hall–Kier alpha value is -3.28. The van der Waals surface area contributed by atoms with Crippen molar-refractivity contribution in [1.29, 1.82) is 0 Å². The number of hydrogen-bond donors (Lipinski definition) is 0. The van der Waals surface area contributed by atoms with Gasteiger partial charge < -0.3 is 9.80 Å². The van der Waals surface area contributed by atoms with Gasteiger partial charge in [-0.25, -0.2) is 0 Å². The standard InChI is InChI=1S/C24H24N4O2/c1-17-4-7-19(8-5-17)27-14-2-10-24(23(27)30)11-3-15-28(24)22(29)18-6-9-20-21(16-18)26-13-12-25-20/h4-9,12-13,16H,2-3,10-11,14-15H2,1H3. The number of rotatable bonds is 2. The SMILES string of the molecule is Cc1ccc(N2CCCC3(CCCN3C(=O)c3ccc4nccnc4c3)C2=O)cc1. The maximum absolute atomic E-state index is 13.7. The number of aromatic nitrogens is 2. The number of likely N-dealkylation sites (tertiary alicyclic amines) is 1. The number of carbonyl (C=O) groups is 2. The number of fused-ring (bicyclic) bond motifs is 1. The van der Waals surface area contributed by atoms with Crippen molar-refractivity contribution in [2.45, 2.75) is 38.1 Å². The third-order valence-corrected chi connectivity index (χ3v) is 6.41. The lowest BCUT2D eigenvalue weighted by Crippen LogP contribution is -2.61. The van der Waals surface area contributed by atoms with E-state index >= 15 is 0 Å². The quantitative estimate of drug-likeness (QED) is 0.657. The van der Waals surface area contributed by atoms with Crippen molar-refractivity contribution in [3.05, 3.63) is 66.0 Å². The summed E-state index contributed by atoms with van der Waals surface area (Å²) in [5.41, 5.74) is 3.32. The van der Waals surface area contributed by atoms with Crippen LogP contribution in [0.25, 0.3) is 11.0 Å². The van der Waals surface area contributed by atoms with Crippen LogP contribution in [-0.2, 0) is 4.79 Å². The first-order valence-electron chi connectivity index (χ1n) is 10.5. The molecule has 6 nitrogen and oxygen atoms in total. The average Bonchev–Trinajstić information content (AvgIpc) is 3.20. The fourth-order valence-corrected chi connectivity index (χ4v) is 4.87. The highest BCUT2D eigenvalue weighted by molar-refractivity contribution is 6.06. The van der Waals surface area contributed by atoms with E-state index < -0.39 is 5.54 Å². The number of nitrogens with zero attached hydrogens (tertiary/aromatic N) is 4. The van der Waals surface area contributed by atoms with Gasteiger partial charge in [0.1, 0.15) is 5.54 Å². The molecule has 0 aliphatic carbocycles. The Morgan fingerprint density at radius 2 is 1.63 bits per heavy atom. The van der Waals surface area contributed by atoms with Gasteiger partial charge in [-0.05, 0) is 62.9 Å². The molecule has 2 aliphatic heterocycles. The predicted molar refractivity (Wildman–Crippen MR) is 115 cm³/mol. The molecule has 1 aromatic heterocycles. The number of anilines is 1. The number of aryl methyl sites for hydroxylation is 1. The van der Waals surface area contributed by atoms with Crippen LogP contribution in [0.1, 0.15) is 41.6 Å². The number of benzene rings is 2. The van der Waals surface area contributed by atoms with Crippen molar-refractivity contribution >= 4 is 28.5 Å². The van der Waals surface area contributed by atoms with Crippen molar-refractivity contribution in [2.24, 2.45) is 0 Å². The second kappa shape index (κ2) is 7.20. The first kappa shape index (κ1) is 18.7. The first-order chi connectivity index (χ1) is 14.6. The third kappa shape index (κ3) is 2.95. The van der Waals surface area contributed by atoms with Crippen LogP contribution in [0.2, 0.25) is 0 Å². The lowest BCUT2D eigenvalue weighted by molar-refractivity contribution is -0.130. The van der Waals surface area contributed by atoms with Gasteiger partial charge in [0.2, 0.25) is 0 Å². The summed E-state index contributed by atoms with van der Waals surface area (Å²) in [5.74, 6) is -0.0526. The molecule has 0 radical (unpaired) electrons. The molecule has 5 rings (SSSR count). The van der Waals surface area contributed by atoms with E-state index in [1.54, 1.807) is 24.5 Å². The minimum atomic E-state index is -0.752. The highest BCUT2D eigenvalue weighted by Crippen LogP contribution is 2.40. The van der Waals surface area contributed by atoms with Gasteiger partial charge in [0, 0.05) is 36.7 Å². The van der Waals surface area contributed by atoms with Crippen LogP contribution < -0.4 is 4.90 Å². The zero-order valence-corrected chi connectivity index (χ0v) is 17.0. The molecule has 2 aliphatic rings. The van der Waals surface area contributed by atoms with Crippen LogP contribution in [0.15, 0.2) is 54.9 Å². The fourth-order valence-electron chi connectivity index (χ4n) is 4.87. The molecule has 2 aromatic carbocycles. The molecule has 3 heterocycles. The van der Waals surface area contributed by atoms with Gasteiger partial charge >= 0.3 is 0 Å². The lowest BCUT2D eigenvalue weighted by atomic mass is 9.84. The summed E-state index contributed by atoms with van der Waals surface area (Å²) >= 11 is 0. The van der Waals surface area contributed by atoms with E-state index in [0.717, 1.165) is 29.6 Å². The average molecular weight is 400 g/mol. The monoisotopic (exact) mass is 400 g/mol. The van der Waals surface area contributed by atoms with Gasteiger partial charge in [-0.15, -0.1) is 0 Å². The Labute approximate surface area is 175 Å². The van der Waals surface area contributed by atoms with Gasteiger partial charge in [0.15, 0.2) is 0 Å². The Morgan fingerprint density at radius 3 is 2.40 bits per heavy atom. The Balaban J connectivity index is 1.48. The second-order valence-corrected chi connectivity index (χ2v) is 8.25. The molecule has 2 fully saturated rings. The van der Waals surface area contributed by atoms with E-state index in [1.165, 1.54) is 0 Å². The Bertz CT molecular complexity index is 1130. The van der Waals surface area contributed by atoms with E-state index in [0.29, 0.717) is 37.0 Å². The van der Waals surface area contributed by atoms with Crippen molar-refractivity contribution in [3.8, 4) is 0 Å². The van der Waals surface area contributed by atoms with Gasteiger partial charge in [0.25, 0.3) is 11.8 Å². The largest absolute Gasteiger partial charge is 0.324 e. The molecule has 3 aromatic rings. The van der Waals surface area contributed by atoms with Crippen LogP contribution in [0.5, 0.6) is 0 Å². The summed E-state index contributed by atoms with van der Waals surface area (Å²) in [4.78, 5) is 39.5. The lowest BCUT2D eigenvalue weighted by Gasteiger charge is -2.44. The molecule has 6 heteroatoms. The maximum Gasteiger partial charge on any atom is 0.254 e. The maximum atomic E-state index is 13.7. The summed E-state index contributed by atoms with van der Waals surface area (Å²) in [6, 6.07) is 13.4. The summed E-state index contributed by atoms with van der Waals surface area (Å²) in [5, 5.41) is 0. The molecule has 152 valence electrons. The van der Waals surface area contributed by atoms with E-state index in [2.05, 4.69) is 9.97 Å². The molecule has 1 unspecified atom stereocenters. The minimum absolute atomic E-state index is 0.0454. The van der Waals surface area contributed by atoms with Crippen LogP contribution >= 0.6 is 0 Å². The van der Waals surface area contributed by atoms with Gasteiger partial charge in [0.05, 0.1) is 11.0 Å². The first-order valence-corrected chi connectivity index (χ1v) is 10.5. The van der Waals surface area contributed by atoms with E-state index in [9.17, 15) is 9.59 Å². The number of hydrogen-bond acceptors (Lipinski definition) is 4. The smallest absolute Gasteiger partial charge is 0.254 e. The summed E-state index contributed by atoms with van der Waals surface area (Å²) in [6.45, 7) is 3.33. The molecule has 1 atom stereocenters. The Kier molecular flexibility index (Phi) is 4.50. The summed E-state index contributed by atoms with van der Waals surface area (Å²) in [6.07, 6.45) is 6.41. The number of carbonyl (C=O) groups excluding carboxylic acids is 2.